The predicted octanol–water partition coefficient (Wildman–Crippen LogP) is 5.69. The number of alkyl halides is 2. The quantitative estimate of drug-likeness (QED) is 0.176. The highest BCUT2D eigenvalue weighted by Crippen LogP contribution is 2.31. The number of carbonyl (C=O) groups excluding carboxylic acids is 1. The molecule has 0 atom stereocenters. The van der Waals surface area contributed by atoms with Crippen LogP contribution in [0.15, 0.2) is 53.7 Å². The molecule has 0 aliphatic carbocycles. The zero-order chi connectivity index (χ0) is 24.1. The smallest absolute Gasteiger partial charge is 0.280 e. The van der Waals surface area contributed by atoms with E-state index in [2.05, 4.69) is 9.97 Å². The Kier molecular flexibility index (Phi) is 7.42. The fourth-order valence-electron chi connectivity index (χ4n) is 3.36. The van der Waals surface area contributed by atoms with E-state index in [1.54, 1.807) is 44.4 Å². The second-order valence-electron chi connectivity index (χ2n) is 7.43. The van der Waals surface area contributed by atoms with Gasteiger partial charge in [-0.25, -0.2) is 18.7 Å². The number of benzene rings is 2. The SMILES string of the molecule is COc1ccc(/C=C/C(=O)c2ccc3c(c2)OCCO3)cc1CSc1nc(C)cc(C(F)F)n1. The molecule has 34 heavy (non-hydrogen) atoms. The minimum Gasteiger partial charge on any atom is -0.496 e. The van der Waals surface area contributed by atoms with Gasteiger partial charge in [-0.15, -0.1) is 0 Å². The number of carbonyl (C=O) groups is 1. The maximum atomic E-state index is 13.0. The molecule has 1 aliphatic heterocycles. The molecule has 1 aromatic heterocycles. The van der Waals surface area contributed by atoms with Crippen LogP contribution in [-0.2, 0) is 5.75 Å². The van der Waals surface area contributed by atoms with Crippen molar-refractivity contribution in [3.63, 3.8) is 0 Å². The van der Waals surface area contributed by atoms with Crippen molar-refractivity contribution in [2.45, 2.75) is 24.3 Å². The fraction of sp³-hybridized carbons (Fsp3) is 0.240. The summed E-state index contributed by atoms with van der Waals surface area (Å²) in [5.74, 6) is 2.07. The number of hydrogen-bond donors (Lipinski definition) is 0. The lowest BCUT2D eigenvalue weighted by atomic mass is 10.1. The van der Waals surface area contributed by atoms with Crippen LogP contribution in [0.2, 0.25) is 0 Å². The van der Waals surface area contributed by atoms with Gasteiger partial charge in [0, 0.05) is 22.6 Å². The number of thioether (sulfide) groups is 1. The molecule has 3 aromatic rings. The molecule has 6 nitrogen and oxygen atoms in total. The van der Waals surface area contributed by atoms with Gasteiger partial charge in [0.25, 0.3) is 6.43 Å². The summed E-state index contributed by atoms with van der Waals surface area (Å²) in [5.41, 5.74) is 2.30. The molecule has 2 heterocycles. The molecule has 1 aliphatic rings. The molecule has 0 radical (unpaired) electrons. The van der Waals surface area contributed by atoms with Gasteiger partial charge in [-0.05, 0) is 55.0 Å². The van der Waals surface area contributed by atoms with Crippen molar-refractivity contribution >= 4 is 23.6 Å². The Bertz CT molecular complexity index is 1230. The molecule has 176 valence electrons. The van der Waals surface area contributed by atoms with Gasteiger partial charge >= 0.3 is 0 Å². The van der Waals surface area contributed by atoms with Gasteiger partial charge in [0.2, 0.25) is 0 Å². The molecular formula is C25H22F2N2O4S. The van der Waals surface area contributed by atoms with Crippen LogP contribution >= 0.6 is 11.8 Å². The summed E-state index contributed by atoms with van der Waals surface area (Å²) in [5, 5.41) is 0.270. The van der Waals surface area contributed by atoms with E-state index in [1.165, 1.54) is 23.9 Å². The molecule has 0 bridgehead atoms. The van der Waals surface area contributed by atoms with Crippen LogP contribution < -0.4 is 14.2 Å². The van der Waals surface area contributed by atoms with Crippen molar-refractivity contribution in [1.29, 1.82) is 0 Å². The molecule has 0 N–H and O–H groups in total. The number of ketones is 1. The highest BCUT2D eigenvalue weighted by molar-refractivity contribution is 7.98. The Balaban J connectivity index is 1.49. The van der Waals surface area contributed by atoms with Crippen molar-refractivity contribution in [2.24, 2.45) is 0 Å². The minimum atomic E-state index is -2.66. The first kappa shape index (κ1) is 23.7. The van der Waals surface area contributed by atoms with E-state index in [0.29, 0.717) is 47.5 Å². The first-order valence-corrected chi connectivity index (χ1v) is 11.5. The van der Waals surface area contributed by atoms with Crippen molar-refractivity contribution in [3.05, 3.63) is 76.6 Å². The van der Waals surface area contributed by atoms with Gasteiger partial charge in [0.1, 0.15) is 24.7 Å². The number of nitrogens with zero attached hydrogens (tertiary/aromatic N) is 2. The summed E-state index contributed by atoms with van der Waals surface area (Å²) in [4.78, 5) is 20.8. The normalized spacial score (nSPS) is 12.9. The van der Waals surface area contributed by atoms with Crippen LogP contribution in [0.25, 0.3) is 6.08 Å². The zero-order valence-corrected chi connectivity index (χ0v) is 19.4. The number of aryl methyl sites for hydroxylation is 1. The van der Waals surface area contributed by atoms with E-state index < -0.39 is 6.43 Å². The number of allylic oxidation sites excluding steroid dienone is 1. The van der Waals surface area contributed by atoms with Crippen molar-refractivity contribution in [3.8, 4) is 17.2 Å². The molecule has 0 spiro atoms. The number of ether oxygens (including phenoxy) is 3. The standard InChI is InChI=1S/C25H22F2N2O4S/c1-15-11-19(24(26)27)29-25(28-15)34-14-18-12-16(4-7-21(18)31-2)3-6-20(30)17-5-8-22-23(13-17)33-10-9-32-22/h3-8,11-13,24H,9-10,14H2,1-2H3/b6-3+. The third kappa shape index (κ3) is 5.72. The fourth-order valence-corrected chi connectivity index (χ4v) is 4.25. The second-order valence-corrected chi connectivity index (χ2v) is 8.38. The number of halogens is 2. The summed E-state index contributed by atoms with van der Waals surface area (Å²) in [6.07, 6.45) is 0.545. The van der Waals surface area contributed by atoms with Crippen LogP contribution in [0.5, 0.6) is 17.2 Å². The molecule has 4 rings (SSSR count). The van der Waals surface area contributed by atoms with Gasteiger partial charge in [0.05, 0.1) is 7.11 Å². The van der Waals surface area contributed by atoms with E-state index in [-0.39, 0.29) is 16.6 Å². The number of aromatic nitrogens is 2. The lowest BCUT2D eigenvalue weighted by Gasteiger charge is -2.18. The zero-order valence-electron chi connectivity index (χ0n) is 18.6. The number of methoxy groups -OCH3 is 1. The Morgan fingerprint density at radius 2 is 1.91 bits per heavy atom. The average Bonchev–Trinajstić information content (AvgIpc) is 2.85. The topological polar surface area (TPSA) is 70.5 Å². The van der Waals surface area contributed by atoms with Crippen LogP contribution in [0.3, 0.4) is 0 Å². The summed E-state index contributed by atoms with van der Waals surface area (Å²) < 4.78 is 42.6. The highest BCUT2D eigenvalue weighted by Gasteiger charge is 2.15. The number of fused-ring (bicyclic) bond motifs is 1. The summed E-state index contributed by atoms with van der Waals surface area (Å²) in [7, 11) is 1.56. The molecule has 0 unspecified atom stereocenters. The number of hydrogen-bond acceptors (Lipinski definition) is 7. The first-order chi connectivity index (χ1) is 16.4. The van der Waals surface area contributed by atoms with E-state index in [1.807, 2.05) is 12.1 Å². The minimum absolute atomic E-state index is 0.170. The van der Waals surface area contributed by atoms with Gasteiger partial charge in [-0.1, -0.05) is 23.9 Å². The van der Waals surface area contributed by atoms with Crippen LogP contribution in [0.4, 0.5) is 8.78 Å². The second kappa shape index (κ2) is 10.6. The monoisotopic (exact) mass is 484 g/mol. The molecule has 0 amide bonds. The highest BCUT2D eigenvalue weighted by atomic mass is 32.2. The molecule has 9 heteroatoms. The van der Waals surface area contributed by atoms with Crippen molar-refractivity contribution in [1.82, 2.24) is 9.97 Å². The molecule has 0 saturated heterocycles. The molecule has 0 saturated carbocycles. The van der Waals surface area contributed by atoms with Crippen molar-refractivity contribution in [2.75, 3.05) is 20.3 Å². The maximum Gasteiger partial charge on any atom is 0.280 e. The average molecular weight is 485 g/mol. The predicted molar refractivity (Wildman–Crippen MR) is 125 cm³/mol. The maximum absolute atomic E-state index is 13.0. The summed E-state index contributed by atoms with van der Waals surface area (Å²) >= 11 is 1.24. The third-order valence-electron chi connectivity index (χ3n) is 4.99. The Morgan fingerprint density at radius 1 is 1.12 bits per heavy atom. The molecular weight excluding hydrogens is 462 g/mol. The number of rotatable bonds is 8. The van der Waals surface area contributed by atoms with Crippen LogP contribution in [-0.4, -0.2) is 36.1 Å². The summed E-state index contributed by atoms with van der Waals surface area (Å²) in [6.45, 7) is 2.59. The largest absolute Gasteiger partial charge is 0.496 e. The van der Waals surface area contributed by atoms with Gasteiger partial charge in [-0.3, -0.25) is 4.79 Å². The lowest BCUT2D eigenvalue weighted by Crippen LogP contribution is -2.15. The van der Waals surface area contributed by atoms with E-state index in [9.17, 15) is 13.6 Å². The Labute approximate surface area is 200 Å². The van der Waals surface area contributed by atoms with Crippen LogP contribution in [0, 0.1) is 6.92 Å². The molecule has 0 fully saturated rings. The first-order valence-electron chi connectivity index (χ1n) is 10.5. The van der Waals surface area contributed by atoms with Crippen molar-refractivity contribution < 1.29 is 27.8 Å². The Morgan fingerprint density at radius 3 is 2.68 bits per heavy atom. The molecule has 2 aromatic carbocycles. The van der Waals surface area contributed by atoms with Gasteiger partial charge < -0.3 is 14.2 Å². The Hall–Kier alpha value is -3.46. The summed E-state index contributed by atoms with van der Waals surface area (Å²) in [6, 6.07) is 11.9. The van der Waals surface area contributed by atoms with Gasteiger partial charge in [0.15, 0.2) is 22.4 Å². The van der Waals surface area contributed by atoms with E-state index in [4.69, 9.17) is 14.2 Å². The lowest BCUT2D eigenvalue weighted by molar-refractivity contribution is 0.104. The van der Waals surface area contributed by atoms with E-state index in [0.717, 1.165) is 11.1 Å². The van der Waals surface area contributed by atoms with Gasteiger partial charge in [-0.2, -0.15) is 0 Å². The van der Waals surface area contributed by atoms with Crippen LogP contribution in [0.1, 0.15) is 39.3 Å². The third-order valence-corrected chi connectivity index (χ3v) is 5.89. The van der Waals surface area contributed by atoms with E-state index >= 15 is 0 Å².